The molecule has 78 valence electrons. The highest BCUT2D eigenvalue weighted by Gasteiger charge is 2.02. The monoisotopic (exact) mass is 209 g/mol. The number of nitrogens with zero attached hydrogens (tertiary/aromatic N) is 1. The third kappa shape index (κ3) is 2.98. The molecule has 0 atom stereocenters. The number of carbonyl (C=O) groups is 1. The average Bonchev–Trinajstić information content (AvgIpc) is 2.26. The lowest BCUT2D eigenvalue weighted by molar-refractivity contribution is -0.134. The van der Waals surface area contributed by atoms with Gasteiger partial charge in [0.15, 0.2) is 0 Å². The molecule has 0 aromatic heterocycles. The number of ether oxygens (including phenoxy) is 1. The van der Waals surface area contributed by atoms with E-state index in [0.29, 0.717) is 0 Å². The highest BCUT2D eigenvalue weighted by Crippen LogP contribution is 2.21. The highest BCUT2D eigenvalue weighted by molar-refractivity contribution is 5.88. The summed E-state index contributed by atoms with van der Waals surface area (Å²) in [7, 11) is 1.22. The van der Waals surface area contributed by atoms with Crippen molar-refractivity contribution in [3.05, 3.63) is 40.6 Å². The maximum absolute atomic E-state index is 12.8. The number of hydrogen-bond donors (Lipinski definition) is 0. The Morgan fingerprint density at radius 2 is 2.27 bits per heavy atom. The minimum absolute atomic E-state index is 0.0663. The molecule has 0 heterocycles. The molecule has 0 N–H and O–H groups in total. The Bertz CT molecular complexity index is 415. The summed E-state index contributed by atoms with van der Waals surface area (Å²) in [6, 6.07) is 3.46. The van der Waals surface area contributed by atoms with Crippen LogP contribution in [0.3, 0.4) is 0 Å². The highest BCUT2D eigenvalue weighted by atomic mass is 19.1. The second-order valence-corrected chi connectivity index (χ2v) is 2.65. The smallest absolute Gasteiger partial charge is 0.330 e. The van der Waals surface area contributed by atoms with Gasteiger partial charge in [-0.05, 0) is 29.5 Å². The molecule has 0 aliphatic heterocycles. The molecule has 0 saturated heterocycles. The van der Waals surface area contributed by atoms with E-state index in [4.69, 9.17) is 0 Å². The van der Waals surface area contributed by atoms with Gasteiger partial charge in [-0.15, -0.1) is 4.91 Å². The molecule has 0 aliphatic rings. The minimum Gasteiger partial charge on any atom is -0.466 e. The van der Waals surface area contributed by atoms with Gasteiger partial charge in [0, 0.05) is 11.6 Å². The molecule has 0 amide bonds. The molecule has 0 bridgehead atoms. The van der Waals surface area contributed by atoms with Crippen LogP contribution in [0.15, 0.2) is 29.5 Å². The molecule has 1 aromatic rings. The zero-order chi connectivity index (χ0) is 11.3. The third-order valence-corrected chi connectivity index (χ3v) is 1.69. The largest absolute Gasteiger partial charge is 0.466 e. The van der Waals surface area contributed by atoms with Gasteiger partial charge in [-0.1, -0.05) is 0 Å². The molecule has 0 unspecified atom stereocenters. The quantitative estimate of drug-likeness (QED) is 0.436. The number of rotatable bonds is 3. The number of halogens is 1. The van der Waals surface area contributed by atoms with Crippen molar-refractivity contribution in [3.8, 4) is 0 Å². The first-order valence-corrected chi connectivity index (χ1v) is 4.06. The van der Waals surface area contributed by atoms with E-state index in [-0.39, 0.29) is 11.3 Å². The SMILES string of the molecule is COC(=O)/C=C/c1cc(F)ccc1N=O. The number of methoxy groups -OCH3 is 1. The topological polar surface area (TPSA) is 55.7 Å². The summed E-state index contributed by atoms with van der Waals surface area (Å²) in [5.41, 5.74) is 0.298. The molecular weight excluding hydrogens is 201 g/mol. The van der Waals surface area contributed by atoms with Gasteiger partial charge in [-0.25, -0.2) is 9.18 Å². The molecule has 0 spiro atoms. The lowest BCUT2D eigenvalue weighted by Crippen LogP contribution is -1.93. The van der Waals surface area contributed by atoms with Crippen molar-refractivity contribution in [2.45, 2.75) is 0 Å². The zero-order valence-corrected chi connectivity index (χ0v) is 7.94. The average molecular weight is 209 g/mol. The molecule has 0 fully saturated rings. The van der Waals surface area contributed by atoms with Crippen LogP contribution in [0.5, 0.6) is 0 Å². The van der Waals surface area contributed by atoms with Crippen LogP contribution in [-0.2, 0) is 9.53 Å². The van der Waals surface area contributed by atoms with Gasteiger partial charge in [0.2, 0.25) is 0 Å². The standard InChI is InChI=1S/C10H8FNO3/c1-15-10(13)5-2-7-6-8(11)3-4-9(7)12-14/h2-6H,1H3/b5-2+. The molecule has 4 nitrogen and oxygen atoms in total. The van der Waals surface area contributed by atoms with E-state index >= 15 is 0 Å². The van der Waals surface area contributed by atoms with Crippen molar-refractivity contribution in [1.82, 2.24) is 0 Å². The predicted molar refractivity (Wildman–Crippen MR) is 52.9 cm³/mol. The van der Waals surface area contributed by atoms with Crippen molar-refractivity contribution in [2.24, 2.45) is 5.18 Å². The second kappa shape index (κ2) is 4.99. The molecule has 1 aromatic carbocycles. The fraction of sp³-hybridized carbons (Fsp3) is 0.100. The predicted octanol–water partition coefficient (Wildman–Crippen LogP) is 2.41. The van der Waals surface area contributed by atoms with Crippen LogP contribution in [-0.4, -0.2) is 13.1 Å². The Morgan fingerprint density at radius 3 is 2.87 bits per heavy atom. The van der Waals surface area contributed by atoms with Crippen molar-refractivity contribution >= 4 is 17.7 Å². The van der Waals surface area contributed by atoms with Gasteiger partial charge >= 0.3 is 5.97 Å². The van der Waals surface area contributed by atoms with E-state index in [1.54, 1.807) is 0 Å². The second-order valence-electron chi connectivity index (χ2n) is 2.65. The Morgan fingerprint density at radius 1 is 1.53 bits per heavy atom. The van der Waals surface area contributed by atoms with Crippen LogP contribution in [0.4, 0.5) is 10.1 Å². The van der Waals surface area contributed by atoms with Gasteiger partial charge in [0.25, 0.3) is 0 Å². The summed E-state index contributed by atoms with van der Waals surface area (Å²) in [5.74, 6) is -1.09. The normalized spacial score (nSPS) is 10.3. The Kier molecular flexibility index (Phi) is 3.68. The summed E-state index contributed by atoms with van der Waals surface area (Å²) in [5, 5.41) is 2.70. The van der Waals surface area contributed by atoms with Crippen molar-refractivity contribution in [2.75, 3.05) is 7.11 Å². The summed E-state index contributed by atoms with van der Waals surface area (Å²) >= 11 is 0. The van der Waals surface area contributed by atoms with Crippen LogP contribution >= 0.6 is 0 Å². The Balaban J connectivity index is 3.01. The molecule has 1 rings (SSSR count). The van der Waals surface area contributed by atoms with E-state index in [1.807, 2.05) is 0 Å². The summed E-state index contributed by atoms with van der Waals surface area (Å²) < 4.78 is 17.1. The van der Waals surface area contributed by atoms with Crippen LogP contribution in [0.2, 0.25) is 0 Å². The van der Waals surface area contributed by atoms with Gasteiger partial charge in [-0.3, -0.25) is 0 Å². The van der Waals surface area contributed by atoms with Gasteiger partial charge in [0.05, 0.1) is 7.11 Å². The maximum Gasteiger partial charge on any atom is 0.330 e. The fourth-order valence-corrected chi connectivity index (χ4v) is 0.968. The fourth-order valence-electron chi connectivity index (χ4n) is 0.968. The minimum atomic E-state index is -0.587. The van der Waals surface area contributed by atoms with Crippen LogP contribution in [0.1, 0.15) is 5.56 Å². The number of esters is 1. The van der Waals surface area contributed by atoms with E-state index in [2.05, 4.69) is 9.91 Å². The molecular formula is C10H8FNO3. The summed E-state index contributed by atoms with van der Waals surface area (Å²) in [6.45, 7) is 0. The lowest BCUT2D eigenvalue weighted by Gasteiger charge is -1.97. The maximum atomic E-state index is 12.8. The first-order valence-electron chi connectivity index (χ1n) is 4.06. The Hall–Kier alpha value is -2.04. The van der Waals surface area contributed by atoms with E-state index in [1.165, 1.54) is 19.3 Å². The number of benzene rings is 1. The van der Waals surface area contributed by atoms with Gasteiger partial charge < -0.3 is 4.74 Å². The molecule has 0 saturated carbocycles. The van der Waals surface area contributed by atoms with E-state index < -0.39 is 11.8 Å². The van der Waals surface area contributed by atoms with Gasteiger partial charge in [0.1, 0.15) is 11.5 Å². The van der Waals surface area contributed by atoms with Crippen LogP contribution in [0, 0.1) is 10.7 Å². The van der Waals surface area contributed by atoms with Crippen LogP contribution < -0.4 is 0 Å². The number of hydrogen-bond acceptors (Lipinski definition) is 4. The van der Waals surface area contributed by atoms with Crippen molar-refractivity contribution in [1.29, 1.82) is 0 Å². The molecule has 5 heteroatoms. The van der Waals surface area contributed by atoms with E-state index in [0.717, 1.165) is 18.2 Å². The number of carbonyl (C=O) groups excluding carboxylic acids is 1. The Labute approximate surface area is 85.3 Å². The number of nitroso groups, excluding NO2 is 1. The molecule has 0 radical (unpaired) electrons. The molecule has 0 aliphatic carbocycles. The zero-order valence-electron chi connectivity index (χ0n) is 7.94. The molecule has 15 heavy (non-hydrogen) atoms. The summed E-state index contributed by atoms with van der Waals surface area (Å²) in [4.78, 5) is 21.1. The van der Waals surface area contributed by atoms with Gasteiger partial charge in [-0.2, -0.15) is 0 Å². The third-order valence-electron chi connectivity index (χ3n) is 1.69. The first-order chi connectivity index (χ1) is 7.17. The lowest BCUT2D eigenvalue weighted by atomic mass is 10.1. The summed E-state index contributed by atoms with van der Waals surface area (Å²) in [6.07, 6.45) is 2.36. The van der Waals surface area contributed by atoms with Crippen molar-refractivity contribution < 1.29 is 13.9 Å². The first kappa shape index (κ1) is 11.0. The van der Waals surface area contributed by atoms with Crippen molar-refractivity contribution in [3.63, 3.8) is 0 Å². The van der Waals surface area contributed by atoms with E-state index in [9.17, 15) is 14.1 Å². The van der Waals surface area contributed by atoms with Crippen LogP contribution in [0.25, 0.3) is 6.08 Å².